The summed E-state index contributed by atoms with van der Waals surface area (Å²) in [4.78, 5) is 2.36. The molecular formula is C16H23N5. The van der Waals surface area contributed by atoms with Crippen molar-refractivity contribution in [1.82, 2.24) is 20.3 Å². The lowest BCUT2D eigenvalue weighted by atomic mass is 9.99. The maximum atomic E-state index is 3.96. The van der Waals surface area contributed by atoms with E-state index in [1.54, 1.807) is 6.20 Å². The summed E-state index contributed by atoms with van der Waals surface area (Å²) in [5.74, 6) is 0. The van der Waals surface area contributed by atoms with Crippen molar-refractivity contribution in [1.29, 1.82) is 0 Å². The highest BCUT2D eigenvalue weighted by molar-refractivity contribution is 5.56. The molecule has 1 aromatic heterocycles. The number of hydrogen-bond acceptors (Lipinski definition) is 4. The molecule has 2 heterocycles. The van der Waals surface area contributed by atoms with E-state index in [0.717, 1.165) is 26.1 Å². The zero-order valence-corrected chi connectivity index (χ0v) is 12.6. The number of rotatable bonds is 6. The van der Waals surface area contributed by atoms with Gasteiger partial charge in [-0.2, -0.15) is 0 Å². The van der Waals surface area contributed by atoms with E-state index in [4.69, 9.17) is 0 Å². The third-order valence-corrected chi connectivity index (χ3v) is 4.04. The summed E-state index contributed by atoms with van der Waals surface area (Å²) >= 11 is 0. The fraction of sp³-hybridized carbons (Fsp3) is 0.500. The van der Waals surface area contributed by atoms with Gasteiger partial charge in [0.1, 0.15) is 0 Å². The number of fused-ring (bicyclic) bond motifs is 1. The number of aryl methyl sites for hydroxylation is 2. The van der Waals surface area contributed by atoms with E-state index in [-0.39, 0.29) is 0 Å². The molecule has 5 nitrogen and oxygen atoms in total. The minimum absolute atomic E-state index is 0.919. The zero-order chi connectivity index (χ0) is 14.5. The van der Waals surface area contributed by atoms with Gasteiger partial charge in [-0.15, -0.1) is 5.10 Å². The Morgan fingerprint density at radius 2 is 2.29 bits per heavy atom. The van der Waals surface area contributed by atoms with Crippen LogP contribution in [0.4, 0.5) is 5.69 Å². The largest absolute Gasteiger partial charge is 0.374 e. The molecule has 0 atom stereocenters. The second-order valence-electron chi connectivity index (χ2n) is 5.68. The molecule has 0 saturated heterocycles. The highest BCUT2D eigenvalue weighted by atomic mass is 15.4. The van der Waals surface area contributed by atoms with Crippen LogP contribution in [0, 0.1) is 0 Å². The Kier molecular flexibility index (Phi) is 4.50. The summed E-state index contributed by atoms with van der Waals surface area (Å²) in [6.07, 6.45) is 7.16. The van der Waals surface area contributed by atoms with Gasteiger partial charge in [0.15, 0.2) is 0 Å². The van der Waals surface area contributed by atoms with Crippen molar-refractivity contribution < 1.29 is 0 Å². The molecule has 0 unspecified atom stereocenters. The first-order valence-electron chi connectivity index (χ1n) is 7.71. The second kappa shape index (κ2) is 6.72. The first-order chi connectivity index (χ1) is 10.3. The fourth-order valence-electron chi connectivity index (χ4n) is 2.90. The smallest absolute Gasteiger partial charge is 0.0692 e. The van der Waals surface area contributed by atoms with Gasteiger partial charge in [0.25, 0.3) is 0 Å². The Morgan fingerprint density at radius 3 is 3.14 bits per heavy atom. The number of hydrogen-bond donors (Lipinski definition) is 1. The van der Waals surface area contributed by atoms with Gasteiger partial charge < -0.3 is 10.2 Å². The van der Waals surface area contributed by atoms with Crippen molar-refractivity contribution in [3.8, 4) is 0 Å². The summed E-state index contributed by atoms with van der Waals surface area (Å²) in [7, 11) is 2.18. The van der Waals surface area contributed by atoms with Crippen molar-refractivity contribution in [2.45, 2.75) is 32.4 Å². The molecule has 1 aromatic carbocycles. The van der Waals surface area contributed by atoms with Crippen LogP contribution in [-0.4, -0.2) is 35.1 Å². The SMILES string of the molecule is CN1CCCc2cc(CNCCCn3ccnn3)ccc21. The molecule has 0 bridgehead atoms. The van der Waals surface area contributed by atoms with E-state index in [9.17, 15) is 0 Å². The first kappa shape index (κ1) is 14.1. The van der Waals surface area contributed by atoms with Crippen molar-refractivity contribution >= 4 is 5.69 Å². The summed E-state index contributed by atoms with van der Waals surface area (Å²) in [5, 5.41) is 11.3. The number of aromatic nitrogens is 3. The Morgan fingerprint density at radius 1 is 1.33 bits per heavy atom. The summed E-state index contributed by atoms with van der Waals surface area (Å²) < 4.78 is 1.87. The molecule has 1 aliphatic heterocycles. The van der Waals surface area contributed by atoms with Gasteiger partial charge in [-0.1, -0.05) is 17.3 Å². The lowest BCUT2D eigenvalue weighted by Gasteiger charge is -2.27. The van der Waals surface area contributed by atoms with E-state index in [2.05, 4.69) is 45.8 Å². The third-order valence-electron chi connectivity index (χ3n) is 4.04. The first-order valence-corrected chi connectivity index (χ1v) is 7.71. The lowest BCUT2D eigenvalue weighted by molar-refractivity contribution is 0.530. The van der Waals surface area contributed by atoms with Crippen molar-refractivity contribution in [3.63, 3.8) is 0 Å². The number of nitrogens with one attached hydrogen (secondary N) is 1. The van der Waals surface area contributed by atoms with Gasteiger partial charge in [-0.25, -0.2) is 0 Å². The minimum Gasteiger partial charge on any atom is -0.374 e. The Labute approximate surface area is 126 Å². The molecule has 0 fully saturated rings. The van der Waals surface area contributed by atoms with Gasteiger partial charge in [-0.05, 0) is 43.0 Å². The highest BCUT2D eigenvalue weighted by Gasteiger charge is 2.13. The molecule has 0 radical (unpaired) electrons. The van der Waals surface area contributed by atoms with Crippen LogP contribution < -0.4 is 10.2 Å². The highest BCUT2D eigenvalue weighted by Crippen LogP contribution is 2.26. The Hall–Kier alpha value is -1.88. The van der Waals surface area contributed by atoms with Crippen LogP contribution in [0.5, 0.6) is 0 Å². The molecule has 0 saturated carbocycles. The van der Waals surface area contributed by atoms with Crippen LogP contribution in [-0.2, 0) is 19.5 Å². The molecule has 0 aliphatic carbocycles. The predicted octanol–water partition coefficient (Wildman–Crippen LogP) is 1.84. The average Bonchev–Trinajstić information content (AvgIpc) is 3.00. The summed E-state index contributed by atoms with van der Waals surface area (Å²) in [6.45, 7) is 4.03. The molecule has 5 heteroatoms. The Balaban J connectivity index is 1.45. The maximum absolute atomic E-state index is 3.96. The quantitative estimate of drug-likeness (QED) is 0.823. The van der Waals surface area contributed by atoms with Crippen LogP contribution in [0.1, 0.15) is 24.0 Å². The van der Waals surface area contributed by atoms with E-state index in [1.165, 1.54) is 36.2 Å². The molecule has 1 aliphatic rings. The van der Waals surface area contributed by atoms with E-state index >= 15 is 0 Å². The molecule has 21 heavy (non-hydrogen) atoms. The van der Waals surface area contributed by atoms with E-state index in [0.29, 0.717) is 0 Å². The standard InChI is InChI=1S/C16H23N5/c1-20-9-2-4-15-12-14(5-6-16(15)20)13-17-7-3-10-21-11-8-18-19-21/h5-6,8,11-12,17H,2-4,7,9-10,13H2,1H3. The molecule has 112 valence electrons. The van der Waals surface area contributed by atoms with Gasteiger partial charge in [0.2, 0.25) is 0 Å². The molecule has 3 rings (SSSR count). The molecule has 0 amide bonds. The monoisotopic (exact) mass is 285 g/mol. The minimum atomic E-state index is 0.919. The van der Waals surface area contributed by atoms with Crippen LogP contribution >= 0.6 is 0 Å². The predicted molar refractivity (Wildman–Crippen MR) is 84.4 cm³/mol. The van der Waals surface area contributed by atoms with Gasteiger partial charge in [0, 0.05) is 38.6 Å². The summed E-state index contributed by atoms with van der Waals surface area (Å²) in [6, 6.07) is 6.86. The van der Waals surface area contributed by atoms with Crippen LogP contribution in [0.15, 0.2) is 30.6 Å². The summed E-state index contributed by atoms with van der Waals surface area (Å²) in [5.41, 5.74) is 4.27. The zero-order valence-electron chi connectivity index (χ0n) is 12.6. The molecule has 1 N–H and O–H groups in total. The van der Waals surface area contributed by atoms with Crippen molar-refractivity contribution in [3.05, 3.63) is 41.7 Å². The van der Waals surface area contributed by atoms with Crippen molar-refractivity contribution in [2.24, 2.45) is 0 Å². The third kappa shape index (κ3) is 3.61. The maximum Gasteiger partial charge on any atom is 0.0692 e. The van der Waals surface area contributed by atoms with E-state index in [1.807, 2.05) is 10.9 Å². The van der Waals surface area contributed by atoms with Crippen LogP contribution in [0.25, 0.3) is 0 Å². The average molecular weight is 285 g/mol. The lowest BCUT2D eigenvalue weighted by Crippen LogP contribution is -2.25. The topological polar surface area (TPSA) is 46.0 Å². The second-order valence-corrected chi connectivity index (χ2v) is 5.68. The molecule has 0 spiro atoms. The molecule has 2 aromatic rings. The molecular weight excluding hydrogens is 262 g/mol. The fourth-order valence-corrected chi connectivity index (χ4v) is 2.90. The number of anilines is 1. The van der Waals surface area contributed by atoms with Crippen molar-refractivity contribution in [2.75, 3.05) is 25.0 Å². The Bertz CT molecular complexity index is 564. The normalized spacial score (nSPS) is 14.2. The van der Waals surface area contributed by atoms with Crippen LogP contribution in [0.3, 0.4) is 0 Å². The van der Waals surface area contributed by atoms with Gasteiger partial charge in [-0.3, -0.25) is 4.68 Å². The van der Waals surface area contributed by atoms with Gasteiger partial charge in [0.05, 0.1) is 6.20 Å². The van der Waals surface area contributed by atoms with E-state index < -0.39 is 0 Å². The number of nitrogens with zero attached hydrogens (tertiary/aromatic N) is 4. The number of benzene rings is 1. The van der Waals surface area contributed by atoms with Crippen LogP contribution in [0.2, 0.25) is 0 Å². The van der Waals surface area contributed by atoms with Gasteiger partial charge >= 0.3 is 0 Å².